The highest BCUT2D eigenvalue weighted by Crippen LogP contribution is 2.27. The van der Waals surface area contributed by atoms with Gasteiger partial charge in [0.2, 0.25) is 0 Å². The van der Waals surface area contributed by atoms with Crippen LogP contribution in [0, 0.1) is 0 Å². The number of benzene rings is 1. The summed E-state index contributed by atoms with van der Waals surface area (Å²) in [6.07, 6.45) is 6.65. The predicted octanol–water partition coefficient (Wildman–Crippen LogP) is 4.17. The van der Waals surface area contributed by atoms with Gasteiger partial charge in [-0.1, -0.05) is 63.4 Å². The van der Waals surface area contributed by atoms with Crippen LogP contribution in [0.25, 0.3) is 0 Å². The van der Waals surface area contributed by atoms with Gasteiger partial charge in [0, 0.05) is 19.1 Å². The zero-order valence-electron chi connectivity index (χ0n) is 14.1. The Labute approximate surface area is 130 Å². The molecule has 1 aromatic carbocycles. The first kappa shape index (κ1) is 16.5. The van der Waals surface area contributed by atoms with Crippen LogP contribution in [0.1, 0.15) is 58.4 Å². The van der Waals surface area contributed by atoms with Gasteiger partial charge in [0.15, 0.2) is 0 Å². The first-order chi connectivity index (χ1) is 10.2. The number of nitrogens with one attached hydrogen (secondary N) is 1. The average Bonchev–Trinajstić information content (AvgIpc) is 2.53. The van der Waals surface area contributed by atoms with E-state index >= 15 is 0 Å². The molecule has 1 aliphatic rings. The van der Waals surface area contributed by atoms with Crippen molar-refractivity contribution in [3.63, 3.8) is 0 Å². The molecule has 0 aromatic heterocycles. The standard InChI is InChI=1S/C19H32N2/c1-4-6-7-11-14-21-16-19(3,20-15-18(21)5-2)17-12-9-8-10-13-17/h8-10,12-13,18,20H,4-7,11,14-16H2,1-3H3. The Bertz CT molecular complexity index is 403. The highest BCUT2D eigenvalue weighted by molar-refractivity contribution is 5.25. The van der Waals surface area contributed by atoms with E-state index < -0.39 is 0 Å². The second-order valence-corrected chi connectivity index (χ2v) is 6.67. The first-order valence-electron chi connectivity index (χ1n) is 8.74. The van der Waals surface area contributed by atoms with Gasteiger partial charge in [0.25, 0.3) is 0 Å². The zero-order chi connectivity index (χ0) is 15.1. The first-order valence-corrected chi connectivity index (χ1v) is 8.74. The summed E-state index contributed by atoms with van der Waals surface area (Å²) in [5, 5.41) is 3.80. The minimum absolute atomic E-state index is 0.0949. The third-order valence-electron chi connectivity index (χ3n) is 4.94. The Balaban J connectivity index is 2.00. The summed E-state index contributed by atoms with van der Waals surface area (Å²) in [4.78, 5) is 2.72. The molecule has 0 bridgehead atoms. The van der Waals surface area contributed by atoms with E-state index in [2.05, 4.69) is 61.3 Å². The van der Waals surface area contributed by atoms with E-state index in [1.54, 1.807) is 0 Å². The summed E-state index contributed by atoms with van der Waals surface area (Å²) in [5.74, 6) is 0. The van der Waals surface area contributed by atoms with Crippen molar-refractivity contribution in [2.75, 3.05) is 19.6 Å². The molecule has 2 atom stereocenters. The molecule has 2 heteroatoms. The van der Waals surface area contributed by atoms with E-state index in [1.807, 2.05) is 0 Å². The minimum atomic E-state index is 0.0949. The molecule has 2 rings (SSSR count). The molecule has 118 valence electrons. The number of hydrogen-bond acceptors (Lipinski definition) is 2. The molecule has 2 nitrogen and oxygen atoms in total. The second kappa shape index (κ2) is 7.95. The van der Waals surface area contributed by atoms with Gasteiger partial charge in [-0.2, -0.15) is 0 Å². The van der Waals surface area contributed by atoms with Gasteiger partial charge in [-0.15, -0.1) is 0 Å². The van der Waals surface area contributed by atoms with Gasteiger partial charge < -0.3 is 5.32 Å². The van der Waals surface area contributed by atoms with Gasteiger partial charge in [0.1, 0.15) is 0 Å². The SMILES string of the molecule is CCCCCCN1CC(C)(c2ccccc2)NCC1CC. The molecule has 0 radical (unpaired) electrons. The Morgan fingerprint density at radius 3 is 2.57 bits per heavy atom. The van der Waals surface area contributed by atoms with Crippen LogP contribution in [0.15, 0.2) is 30.3 Å². The molecule has 0 spiro atoms. The van der Waals surface area contributed by atoms with E-state index in [0.717, 1.165) is 13.1 Å². The molecule has 21 heavy (non-hydrogen) atoms. The maximum absolute atomic E-state index is 3.80. The molecule has 1 aliphatic heterocycles. The van der Waals surface area contributed by atoms with Crippen molar-refractivity contribution in [2.45, 2.75) is 64.5 Å². The molecule has 1 fully saturated rings. The summed E-state index contributed by atoms with van der Waals surface area (Å²) < 4.78 is 0. The number of nitrogens with zero attached hydrogens (tertiary/aromatic N) is 1. The van der Waals surface area contributed by atoms with Crippen molar-refractivity contribution >= 4 is 0 Å². The minimum Gasteiger partial charge on any atom is -0.305 e. The lowest BCUT2D eigenvalue weighted by Gasteiger charge is -2.46. The lowest BCUT2D eigenvalue weighted by Crippen LogP contribution is -2.61. The molecule has 0 saturated carbocycles. The third kappa shape index (κ3) is 4.31. The Kier molecular flexibility index (Phi) is 6.25. The van der Waals surface area contributed by atoms with Gasteiger partial charge in [-0.05, 0) is 31.9 Å². The molecule has 0 amide bonds. The quantitative estimate of drug-likeness (QED) is 0.758. The lowest BCUT2D eigenvalue weighted by atomic mass is 9.87. The molecule has 1 heterocycles. The van der Waals surface area contributed by atoms with Crippen molar-refractivity contribution in [1.29, 1.82) is 0 Å². The fourth-order valence-electron chi connectivity index (χ4n) is 3.47. The molecular formula is C19H32N2. The van der Waals surface area contributed by atoms with Crippen molar-refractivity contribution in [2.24, 2.45) is 0 Å². The van der Waals surface area contributed by atoms with Crippen LogP contribution in [-0.2, 0) is 5.54 Å². The summed E-state index contributed by atoms with van der Waals surface area (Å²) in [5.41, 5.74) is 1.51. The summed E-state index contributed by atoms with van der Waals surface area (Å²) >= 11 is 0. The van der Waals surface area contributed by atoms with Crippen LogP contribution in [0.4, 0.5) is 0 Å². The monoisotopic (exact) mass is 288 g/mol. The van der Waals surface area contributed by atoms with Gasteiger partial charge in [0.05, 0.1) is 5.54 Å². The summed E-state index contributed by atoms with van der Waals surface area (Å²) in [6.45, 7) is 10.4. The average molecular weight is 288 g/mol. The van der Waals surface area contributed by atoms with E-state index in [0.29, 0.717) is 6.04 Å². The van der Waals surface area contributed by atoms with E-state index in [1.165, 1.54) is 44.2 Å². The maximum atomic E-state index is 3.80. The summed E-state index contributed by atoms with van der Waals surface area (Å²) in [6, 6.07) is 11.6. The van der Waals surface area contributed by atoms with Crippen LogP contribution in [0.2, 0.25) is 0 Å². The van der Waals surface area contributed by atoms with Gasteiger partial charge in [-0.3, -0.25) is 4.90 Å². The van der Waals surface area contributed by atoms with Crippen LogP contribution in [-0.4, -0.2) is 30.6 Å². The molecule has 2 unspecified atom stereocenters. The number of hydrogen-bond donors (Lipinski definition) is 1. The van der Waals surface area contributed by atoms with Crippen LogP contribution in [0.3, 0.4) is 0 Å². The smallest absolute Gasteiger partial charge is 0.0535 e. The van der Waals surface area contributed by atoms with Crippen molar-refractivity contribution in [3.8, 4) is 0 Å². The number of piperazine rings is 1. The number of rotatable bonds is 7. The molecule has 1 saturated heterocycles. The summed E-state index contributed by atoms with van der Waals surface area (Å²) in [7, 11) is 0. The van der Waals surface area contributed by atoms with Crippen LogP contribution >= 0.6 is 0 Å². The maximum Gasteiger partial charge on any atom is 0.0535 e. The molecular weight excluding hydrogens is 256 g/mol. The Hall–Kier alpha value is -0.860. The number of unbranched alkanes of at least 4 members (excludes halogenated alkanes) is 3. The third-order valence-corrected chi connectivity index (χ3v) is 4.94. The highest BCUT2D eigenvalue weighted by Gasteiger charge is 2.35. The van der Waals surface area contributed by atoms with Crippen molar-refractivity contribution in [1.82, 2.24) is 10.2 Å². The topological polar surface area (TPSA) is 15.3 Å². The Morgan fingerprint density at radius 2 is 1.90 bits per heavy atom. The molecule has 0 aliphatic carbocycles. The fraction of sp³-hybridized carbons (Fsp3) is 0.684. The molecule has 1 aromatic rings. The van der Waals surface area contributed by atoms with Gasteiger partial charge in [-0.25, -0.2) is 0 Å². The zero-order valence-corrected chi connectivity index (χ0v) is 14.1. The van der Waals surface area contributed by atoms with Crippen molar-refractivity contribution < 1.29 is 0 Å². The van der Waals surface area contributed by atoms with Gasteiger partial charge >= 0.3 is 0 Å². The fourth-order valence-corrected chi connectivity index (χ4v) is 3.47. The van der Waals surface area contributed by atoms with Crippen molar-refractivity contribution in [3.05, 3.63) is 35.9 Å². The van der Waals surface area contributed by atoms with E-state index in [4.69, 9.17) is 0 Å². The molecule has 1 N–H and O–H groups in total. The Morgan fingerprint density at radius 1 is 1.14 bits per heavy atom. The largest absolute Gasteiger partial charge is 0.305 e. The lowest BCUT2D eigenvalue weighted by molar-refractivity contribution is 0.0814. The second-order valence-electron chi connectivity index (χ2n) is 6.67. The normalized spacial score (nSPS) is 26.9. The van der Waals surface area contributed by atoms with Crippen LogP contribution in [0.5, 0.6) is 0 Å². The highest BCUT2D eigenvalue weighted by atomic mass is 15.2. The predicted molar refractivity (Wildman–Crippen MR) is 91.6 cm³/mol. The van der Waals surface area contributed by atoms with E-state index in [9.17, 15) is 0 Å². The van der Waals surface area contributed by atoms with Crippen LogP contribution < -0.4 is 5.32 Å². The van der Waals surface area contributed by atoms with E-state index in [-0.39, 0.29) is 5.54 Å².